The van der Waals surface area contributed by atoms with Gasteiger partial charge in [0.15, 0.2) is 11.7 Å². The third-order valence-corrected chi connectivity index (χ3v) is 8.12. The summed E-state index contributed by atoms with van der Waals surface area (Å²) in [6.07, 6.45) is 7.20. The third kappa shape index (κ3) is 7.41. The number of ether oxygens (including phenoxy) is 2. The molecule has 0 aromatic carbocycles. The van der Waals surface area contributed by atoms with Gasteiger partial charge < -0.3 is 24.6 Å². The number of nitrogens with zero attached hydrogens (tertiary/aromatic N) is 3. The molecule has 2 aromatic heterocycles. The summed E-state index contributed by atoms with van der Waals surface area (Å²) in [5.74, 6) is 0.234. The number of methoxy groups -OCH3 is 1. The molecule has 0 bridgehead atoms. The number of piperazine rings is 1. The van der Waals surface area contributed by atoms with Gasteiger partial charge in [0.1, 0.15) is 6.04 Å². The first-order chi connectivity index (χ1) is 17.5. The molecule has 1 N–H and O–H groups in total. The van der Waals surface area contributed by atoms with Gasteiger partial charge in [0.25, 0.3) is 5.91 Å². The van der Waals surface area contributed by atoms with Crippen LogP contribution in [0.1, 0.15) is 31.4 Å². The molecular formula is C26H35ClN4O4S. The molecule has 2 amide bonds. The Labute approximate surface area is 221 Å². The minimum Gasteiger partial charge on any atom is -0.474 e. The van der Waals surface area contributed by atoms with Gasteiger partial charge in [-0.1, -0.05) is 29.0 Å². The fraction of sp³-hybridized carbons (Fsp3) is 0.577. The Balaban J connectivity index is 1.21. The highest BCUT2D eigenvalue weighted by Crippen LogP contribution is 2.29. The van der Waals surface area contributed by atoms with E-state index < -0.39 is 6.04 Å². The van der Waals surface area contributed by atoms with Crippen molar-refractivity contribution >= 4 is 34.8 Å². The molecule has 2 aromatic rings. The molecule has 1 aliphatic carbocycles. The van der Waals surface area contributed by atoms with Gasteiger partial charge in [-0.15, -0.1) is 0 Å². The van der Waals surface area contributed by atoms with Crippen molar-refractivity contribution in [3.63, 3.8) is 0 Å². The molecule has 3 heterocycles. The van der Waals surface area contributed by atoms with E-state index in [1.807, 2.05) is 23.2 Å². The van der Waals surface area contributed by atoms with Crippen molar-refractivity contribution in [2.45, 2.75) is 44.2 Å². The normalized spacial score (nSPS) is 22.6. The van der Waals surface area contributed by atoms with Gasteiger partial charge in [-0.05, 0) is 55.9 Å². The van der Waals surface area contributed by atoms with Crippen molar-refractivity contribution in [2.75, 3.05) is 46.5 Å². The molecule has 10 heteroatoms. The predicted octanol–water partition coefficient (Wildman–Crippen LogP) is 3.25. The van der Waals surface area contributed by atoms with Crippen LogP contribution in [0.3, 0.4) is 0 Å². The van der Waals surface area contributed by atoms with Crippen molar-refractivity contribution in [2.24, 2.45) is 5.92 Å². The van der Waals surface area contributed by atoms with Crippen LogP contribution in [-0.4, -0.2) is 85.2 Å². The fourth-order valence-corrected chi connectivity index (χ4v) is 5.91. The van der Waals surface area contributed by atoms with Crippen LogP contribution in [0.5, 0.6) is 5.06 Å². The zero-order chi connectivity index (χ0) is 25.3. The van der Waals surface area contributed by atoms with Gasteiger partial charge >= 0.3 is 0 Å². The number of nitrogens with one attached hydrogen (secondary N) is 1. The maximum atomic E-state index is 13.3. The summed E-state index contributed by atoms with van der Waals surface area (Å²) in [7, 11) is 1.56. The molecular weight excluding hydrogens is 500 g/mol. The Bertz CT molecular complexity index is 983. The second-order valence-electron chi connectivity index (χ2n) is 9.43. The first-order valence-electron chi connectivity index (χ1n) is 12.6. The largest absolute Gasteiger partial charge is 0.474 e. The maximum Gasteiger partial charge on any atom is 0.261 e. The Kier molecular flexibility index (Phi) is 9.98. The molecule has 1 unspecified atom stereocenters. The summed E-state index contributed by atoms with van der Waals surface area (Å²) in [4.78, 5) is 34.1. The van der Waals surface area contributed by atoms with E-state index in [1.165, 1.54) is 11.3 Å². The summed E-state index contributed by atoms with van der Waals surface area (Å²) < 4.78 is 11.5. The molecule has 2 fully saturated rings. The van der Waals surface area contributed by atoms with E-state index in [9.17, 15) is 9.59 Å². The van der Waals surface area contributed by atoms with Gasteiger partial charge in [0, 0.05) is 57.6 Å². The Hall–Kier alpha value is -2.20. The molecule has 8 nitrogen and oxygen atoms in total. The molecule has 1 saturated carbocycles. The lowest BCUT2D eigenvalue weighted by molar-refractivity contribution is -0.155. The quantitative estimate of drug-likeness (QED) is 0.476. The molecule has 4 rings (SSSR count). The van der Waals surface area contributed by atoms with E-state index >= 15 is 0 Å². The van der Waals surface area contributed by atoms with E-state index in [0.717, 1.165) is 50.9 Å². The van der Waals surface area contributed by atoms with Crippen LogP contribution in [0.2, 0.25) is 4.34 Å². The topological polar surface area (TPSA) is 84.0 Å². The number of thiophene rings is 1. The van der Waals surface area contributed by atoms with Crippen LogP contribution >= 0.6 is 22.9 Å². The van der Waals surface area contributed by atoms with Crippen LogP contribution in [-0.2, 0) is 20.7 Å². The van der Waals surface area contributed by atoms with Crippen LogP contribution in [0.25, 0.3) is 0 Å². The second-order valence-corrected chi connectivity index (χ2v) is 11.1. The van der Waals surface area contributed by atoms with Crippen LogP contribution in [0, 0.1) is 5.92 Å². The van der Waals surface area contributed by atoms with E-state index in [-0.39, 0.29) is 25.0 Å². The number of hydrogen-bond donors (Lipinski definition) is 1. The Morgan fingerprint density at radius 2 is 2.03 bits per heavy atom. The number of hydrogen-bond acceptors (Lipinski definition) is 7. The Morgan fingerprint density at radius 3 is 2.72 bits per heavy atom. The van der Waals surface area contributed by atoms with Crippen molar-refractivity contribution in [1.29, 1.82) is 0 Å². The van der Waals surface area contributed by atoms with Gasteiger partial charge in [0.05, 0.1) is 10.9 Å². The van der Waals surface area contributed by atoms with E-state index in [1.54, 1.807) is 24.1 Å². The number of pyridine rings is 1. The lowest BCUT2D eigenvalue weighted by atomic mass is 9.85. The predicted molar refractivity (Wildman–Crippen MR) is 140 cm³/mol. The zero-order valence-electron chi connectivity index (χ0n) is 20.7. The zero-order valence-corrected chi connectivity index (χ0v) is 22.3. The van der Waals surface area contributed by atoms with Crippen LogP contribution in [0.4, 0.5) is 0 Å². The SMILES string of the molecule is COCC1C(=O)N(CC2CCC(NCCc3ccccn3)CC2)CCN1C(=O)COc1ccc(Cl)s1. The summed E-state index contributed by atoms with van der Waals surface area (Å²) in [6, 6.07) is 9.40. The maximum absolute atomic E-state index is 13.3. The highest BCUT2D eigenvalue weighted by Gasteiger charge is 2.38. The molecule has 0 spiro atoms. The number of aromatic nitrogens is 1. The number of carbonyl (C=O) groups excluding carboxylic acids is 2. The first-order valence-corrected chi connectivity index (χ1v) is 13.8. The highest BCUT2D eigenvalue weighted by atomic mass is 35.5. The van der Waals surface area contributed by atoms with Crippen LogP contribution < -0.4 is 10.1 Å². The summed E-state index contributed by atoms with van der Waals surface area (Å²) >= 11 is 7.20. The third-order valence-electron chi connectivity index (χ3n) is 6.98. The Morgan fingerprint density at radius 1 is 1.19 bits per heavy atom. The molecule has 36 heavy (non-hydrogen) atoms. The minimum absolute atomic E-state index is 0.0359. The van der Waals surface area contributed by atoms with E-state index in [0.29, 0.717) is 34.4 Å². The van der Waals surface area contributed by atoms with Gasteiger partial charge in [-0.25, -0.2) is 0 Å². The van der Waals surface area contributed by atoms with E-state index in [2.05, 4.69) is 16.4 Å². The summed E-state index contributed by atoms with van der Waals surface area (Å²) in [5.41, 5.74) is 1.11. The molecule has 196 valence electrons. The molecule has 1 saturated heterocycles. The lowest BCUT2D eigenvalue weighted by Crippen LogP contribution is -2.61. The van der Waals surface area contributed by atoms with Crippen molar-refractivity contribution in [3.8, 4) is 5.06 Å². The van der Waals surface area contributed by atoms with Crippen molar-refractivity contribution in [3.05, 3.63) is 46.6 Å². The minimum atomic E-state index is -0.614. The average Bonchev–Trinajstić information content (AvgIpc) is 3.32. The van der Waals surface area contributed by atoms with Crippen molar-refractivity contribution < 1.29 is 19.1 Å². The van der Waals surface area contributed by atoms with E-state index in [4.69, 9.17) is 21.1 Å². The lowest BCUT2D eigenvalue weighted by Gasteiger charge is -2.42. The van der Waals surface area contributed by atoms with Gasteiger partial charge in [-0.2, -0.15) is 0 Å². The van der Waals surface area contributed by atoms with Gasteiger partial charge in [0.2, 0.25) is 5.91 Å². The smallest absolute Gasteiger partial charge is 0.261 e. The van der Waals surface area contributed by atoms with Gasteiger partial charge in [-0.3, -0.25) is 14.6 Å². The first kappa shape index (κ1) is 26.9. The number of carbonyl (C=O) groups is 2. The highest BCUT2D eigenvalue weighted by molar-refractivity contribution is 7.17. The van der Waals surface area contributed by atoms with Crippen LogP contribution in [0.15, 0.2) is 36.5 Å². The monoisotopic (exact) mass is 534 g/mol. The molecule has 2 aliphatic rings. The second kappa shape index (κ2) is 13.4. The standard InChI is InChI=1S/C26H35ClN4O4S/c1-34-17-22-26(33)30(14-15-31(22)24(32)18-35-25-10-9-23(27)36-25)16-19-5-7-21(8-6-19)29-13-11-20-4-2-3-12-28-20/h2-4,9-10,12,19,21-22,29H,5-8,11,13-18H2,1H3. The molecule has 0 radical (unpaired) electrons. The average molecular weight is 535 g/mol. The fourth-order valence-electron chi connectivity index (χ4n) is 5.04. The number of rotatable bonds is 11. The van der Waals surface area contributed by atoms with Crippen molar-refractivity contribution in [1.82, 2.24) is 20.1 Å². The summed E-state index contributed by atoms with van der Waals surface area (Å²) in [6.45, 7) is 2.75. The number of halogens is 1. The molecule has 1 aliphatic heterocycles. The summed E-state index contributed by atoms with van der Waals surface area (Å²) in [5, 5.41) is 4.26. The molecule has 1 atom stereocenters. The number of amides is 2.